The maximum atomic E-state index is 13.5. The number of hydrogen-bond donors (Lipinski definition) is 3. The lowest BCUT2D eigenvalue weighted by Crippen LogP contribution is -2.32. The fraction of sp³-hybridized carbons (Fsp3) is 0.259. The number of cyclic esters (lactones) is 1. The number of carboxylic acid groups (broad SMARTS) is 2. The van der Waals surface area contributed by atoms with Gasteiger partial charge in [0.05, 0.1) is 16.0 Å². The van der Waals surface area contributed by atoms with Gasteiger partial charge in [-0.25, -0.2) is 9.69 Å². The second kappa shape index (κ2) is 12.6. The van der Waals surface area contributed by atoms with Crippen molar-refractivity contribution >= 4 is 74.3 Å². The van der Waals surface area contributed by atoms with Gasteiger partial charge in [-0.05, 0) is 37.1 Å². The number of benzene rings is 1. The zero-order chi connectivity index (χ0) is 34.4. The number of nitrogens with zero attached hydrogens (tertiary/aromatic N) is 4. The summed E-state index contributed by atoms with van der Waals surface area (Å²) in [6.45, 7) is 0.129. The van der Waals surface area contributed by atoms with Crippen LogP contribution in [0.15, 0.2) is 39.7 Å². The van der Waals surface area contributed by atoms with E-state index in [0.717, 1.165) is 17.2 Å². The summed E-state index contributed by atoms with van der Waals surface area (Å²) in [4.78, 5) is 77.2. The van der Waals surface area contributed by atoms with E-state index in [1.807, 2.05) is 6.92 Å². The molecule has 2 aromatic heterocycles. The Morgan fingerprint density at radius 3 is 2.19 bits per heavy atom. The number of allylic oxidation sites excluding steroid dienone is 1. The van der Waals surface area contributed by atoms with Gasteiger partial charge in [0.25, 0.3) is 21.2 Å². The lowest BCUT2D eigenvalue weighted by Gasteiger charge is -2.17. The molecule has 1 aromatic carbocycles. The van der Waals surface area contributed by atoms with Crippen molar-refractivity contribution in [2.24, 2.45) is 0 Å². The standard InChI is InChI=1S/C27H24N4O13S3/c1-13-4-5-15-14(10-13)29(8-3-9-47(40,41)42)17(43-15)7-6-16-22(36)30(11-18(32)33)26(45-16)21-24(38)31(12-19(34)35)25(46-21)20-23(37)28(2)27(39)44-20/h4-7,10H,3,8-9,11-12H2,1-2H3,(H,32,33)(H,34,35)(H,40,41,42)/b16-6?,17-7?,25-20+,26-21+. The van der Waals surface area contributed by atoms with Gasteiger partial charge < -0.3 is 24.6 Å². The highest BCUT2D eigenvalue weighted by molar-refractivity contribution is 7.85. The molecule has 0 unspecified atom stereocenters. The molecule has 0 atom stereocenters. The molecular weight excluding hydrogens is 685 g/mol. The lowest BCUT2D eigenvalue weighted by molar-refractivity contribution is -0.138. The highest BCUT2D eigenvalue weighted by atomic mass is 32.2. The van der Waals surface area contributed by atoms with Crippen LogP contribution in [0.4, 0.5) is 10.5 Å². The molecule has 0 spiro atoms. The number of carboxylic acids is 2. The quantitative estimate of drug-likeness (QED) is 0.236. The Labute approximate surface area is 270 Å². The number of carbonyl (C=O) groups excluding carboxylic acids is 2. The van der Waals surface area contributed by atoms with Crippen molar-refractivity contribution < 1.29 is 51.8 Å². The SMILES string of the molecule is Cc1ccc2c(c1)N(CCCS(=O)(=O)O)C(=CC=c1s/c(=c3/s/c(=C4/OC(=O)N(C)C4=O)n(CC(=O)O)c3=O)n(CC(=O)O)c1=O)O2. The van der Waals surface area contributed by atoms with Gasteiger partial charge in [0.1, 0.15) is 26.9 Å². The molecule has 2 aliphatic rings. The average molecular weight is 709 g/mol. The summed E-state index contributed by atoms with van der Waals surface area (Å²) >= 11 is 1.26. The van der Waals surface area contributed by atoms with Gasteiger partial charge >= 0.3 is 23.9 Å². The number of amides is 2. The molecule has 3 N–H and O–H groups in total. The molecule has 4 heterocycles. The molecule has 0 saturated carbocycles. The van der Waals surface area contributed by atoms with Gasteiger partial charge in [0, 0.05) is 19.7 Å². The number of fused-ring (bicyclic) bond motifs is 1. The van der Waals surface area contributed by atoms with Crippen LogP contribution < -0.4 is 30.0 Å². The largest absolute Gasteiger partial charge is 0.480 e. The first-order valence-corrected chi connectivity index (χ1v) is 16.6. The van der Waals surface area contributed by atoms with E-state index in [0.29, 0.717) is 43.6 Å². The predicted octanol–water partition coefficient (Wildman–Crippen LogP) is -0.587. The maximum absolute atomic E-state index is 13.5. The van der Waals surface area contributed by atoms with E-state index >= 15 is 0 Å². The second-order valence-corrected chi connectivity index (χ2v) is 13.8. The van der Waals surface area contributed by atoms with Crippen LogP contribution >= 0.6 is 22.7 Å². The first kappa shape index (κ1) is 33.3. The highest BCUT2D eigenvalue weighted by Crippen LogP contribution is 2.39. The van der Waals surface area contributed by atoms with Crippen LogP contribution in [0.2, 0.25) is 0 Å². The normalized spacial score (nSPS) is 17.8. The predicted molar refractivity (Wildman–Crippen MR) is 165 cm³/mol. The Bertz CT molecular complexity index is 2350. The van der Waals surface area contributed by atoms with Crippen molar-refractivity contribution in [1.82, 2.24) is 14.0 Å². The summed E-state index contributed by atoms with van der Waals surface area (Å²) in [5, 5.41) is 19.0. The highest BCUT2D eigenvalue weighted by Gasteiger charge is 2.36. The number of ether oxygens (including phenoxy) is 2. The van der Waals surface area contributed by atoms with E-state index in [1.165, 1.54) is 12.2 Å². The monoisotopic (exact) mass is 708 g/mol. The number of carbonyl (C=O) groups is 4. The van der Waals surface area contributed by atoms with Crippen molar-refractivity contribution in [3.05, 3.63) is 74.8 Å². The van der Waals surface area contributed by atoms with Crippen molar-refractivity contribution in [2.75, 3.05) is 24.2 Å². The summed E-state index contributed by atoms with van der Waals surface area (Å²) in [7, 11) is -3.11. The third-order valence-corrected chi connectivity index (χ3v) is 10.0. The fourth-order valence-electron chi connectivity index (χ4n) is 4.66. The molecule has 2 amide bonds. The molecule has 5 rings (SSSR count). The first-order valence-electron chi connectivity index (χ1n) is 13.4. The van der Waals surface area contributed by atoms with Gasteiger partial charge in [0.2, 0.25) is 11.6 Å². The smallest absolute Gasteiger partial charge is 0.422 e. The Hall–Kier alpha value is -5.05. The summed E-state index contributed by atoms with van der Waals surface area (Å²) in [5.74, 6) is -4.33. The van der Waals surface area contributed by atoms with Gasteiger partial charge in [0.15, 0.2) is 5.75 Å². The van der Waals surface area contributed by atoms with E-state index in [2.05, 4.69) is 0 Å². The van der Waals surface area contributed by atoms with Crippen LogP contribution in [-0.2, 0) is 42.3 Å². The summed E-state index contributed by atoms with van der Waals surface area (Å²) in [6, 6.07) is 5.29. The van der Waals surface area contributed by atoms with Gasteiger partial charge in [-0.2, -0.15) is 8.42 Å². The van der Waals surface area contributed by atoms with Crippen molar-refractivity contribution in [3.63, 3.8) is 0 Å². The molecule has 0 radical (unpaired) electrons. The third-order valence-electron chi connectivity index (χ3n) is 6.78. The molecule has 1 saturated heterocycles. The summed E-state index contributed by atoms with van der Waals surface area (Å²) in [5.41, 5.74) is -0.313. The first-order chi connectivity index (χ1) is 22.1. The zero-order valence-electron chi connectivity index (χ0n) is 24.4. The molecule has 20 heteroatoms. The molecule has 0 bridgehead atoms. The van der Waals surface area contributed by atoms with E-state index in [-0.39, 0.29) is 37.2 Å². The molecule has 47 heavy (non-hydrogen) atoms. The Kier molecular flexibility index (Phi) is 8.95. The number of aryl methyl sites for hydroxylation is 1. The number of anilines is 1. The molecule has 0 aliphatic carbocycles. The minimum atomic E-state index is -4.23. The molecule has 2 aliphatic heterocycles. The molecule has 3 aromatic rings. The number of aliphatic carboxylic acids is 2. The minimum absolute atomic E-state index is 0.0252. The molecule has 17 nitrogen and oxygen atoms in total. The lowest BCUT2D eigenvalue weighted by atomic mass is 10.2. The Balaban J connectivity index is 1.73. The van der Waals surface area contributed by atoms with Crippen molar-refractivity contribution in [1.29, 1.82) is 0 Å². The van der Waals surface area contributed by atoms with Crippen molar-refractivity contribution in [2.45, 2.75) is 26.4 Å². The molecular formula is C27H24N4O13S3. The van der Waals surface area contributed by atoms with Gasteiger partial charge in [-0.3, -0.25) is 37.7 Å². The van der Waals surface area contributed by atoms with E-state index in [1.54, 1.807) is 23.1 Å². The summed E-state index contributed by atoms with van der Waals surface area (Å²) in [6.07, 6.45) is 1.68. The van der Waals surface area contributed by atoms with E-state index in [9.17, 15) is 52.0 Å². The zero-order valence-corrected chi connectivity index (χ0v) is 26.8. The van der Waals surface area contributed by atoms with E-state index in [4.69, 9.17) is 9.47 Å². The number of thiazole rings is 2. The average Bonchev–Trinajstić information content (AvgIpc) is 3.66. The number of imide groups is 1. The van der Waals surface area contributed by atoms with Crippen LogP contribution in [-0.4, -0.2) is 80.5 Å². The number of aromatic nitrogens is 2. The van der Waals surface area contributed by atoms with Crippen LogP contribution in [0.3, 0.4) is 0 Å². The minimum Gasteiger partial charge on any atom is -0.480 e. The second-order valence-electron chi connectivity index (χ2n) is 10.2. The topological polar surface area (TPSA) is 232 Å². The fourth-order valence-corrected chi connectivity index (χ4v) is 7.45. The Morgan fingerprint density at radius 1 is 0.936 bits per heavy atom. The van der Waals surface area contributed by atoms with E-state index < -0.39 is 69.8 Å². The number of rotatable bonds is 9. The molecule has 1 fully saturated rings. The maximum Gasteiger partial charge on any atom is 0.422 e. The van der Waals surface area contributed by atoms with Crippen LogP contribution in [0, 0.1) is 16.1 Å². The van der Waals surface area contributed by atoms with Crippen molar-refractivity contribution in [3.8, 4) is 5.75 Å². The summed E-state index contributed by atoms with van der Waals surface area (Å²) < 4.78 is 43.3. The van der Waals surface area contributed by atoms with Crippen LogP contribution in [0.1, 0.15) is 12.0 Å². The third kappa shape index (κ3) is 6.75. The van der Waals surface area contributed by atoms with Crippen LogP contribution in [0.5, 0.6) is 5.75 Å². The van der Waals surface area contributed by atoms with Crippen LogP contribution in [0.25, 0.3) is 11.8 Å². The van der Waals surface area contributed by atoms with Gasteiger partial charge in [-0.15, -0.1) is 22.7 Å². The molecule has 248 valence electrons. The Morgan fingerprint density at radius 2 is 1.60 bits per heavy atom. The van der Waals surface area contributed by atoms with Gasteiger partial charge in [-0.1, -0.05) is 6.07 Å². The number of likely N-dealkylation sites (N-methyl/N-ethyl adjacent to an activating group) is 1. The number of hydrogen-bond acceptors (Lipinski definition) is 13.